The molecular formula is C14H11N3O2. The van der Waals surface area contributed by atoms with E-state index in [1.54, 1.807) is 24.3 Å². The van der Waals surface area contributed by atoms with Crippen molar-refractivity contribution in [3.8, 4) is 6.07 Å². The molecule has 0 spiro atoms. The molecule has 2 aromatic rings. The molecule has 0 bridgehead atoms. The molecule has 2 aromatic carbocycles. The molecule has 0 aliphatic carbocycles. The van der Waals surface area contributed by atoms with Gasteiger partial charge in [-0.05, 0) is 29.8 Å². The lowest BCUT2D eigenvalue weighted by atomic mass is 10.1. The molecule has 2 rings (SSSR count). The first kappa shape index (κ1) is 12.6. The van der Waals surface area contributed by atoms with Crippen LogP contribution in [0.25, 0.3) is 0 Å². The lowest BCUT2D eigenvalue weighted by molar-refractivity contribution is -0.384. The van der Waals surface area contributed by atoms with Gasteiger partial charge in [0.05, 0.1) is 16.6 Å². The van der Waals surface area contributed by atoms with Crippen LogP contribution in [0.1, 0.15) is 11.1 Å². The Balaban J connectivity index is 2.02. The normalized spacial score (nSPS) is 9.63. The molecule has 0 saturated carbocycles. The highest BCUT2D eigenvalue weighted by molar-refractivity contribution is 5.49. The van der Waals surface area contributed by atoms with Gasteiger partial charge in [-0.1, -0.05) is 12.1 Å². The summed E-state index contributed by atoms with van der Waals surface area (Å²) in [5, 5.41) is 22.5. The van der Waals surface area contributed by atoms with Gasteiger partial charge < -0.3 is 5.32 Å². The molecule has 0 aliphatic heterocycles. The quantitative estimate of drug-likeness (QED) is 0.670. The van der Waals surface area contributed by atoms with E-state index in [0.29, 0.717) is 12.1 Å². The van der Waals surface area contributed by atoms with Crippen LogP contribution in [0.2, 0.25) is 0 Å². The summed E-state index contributed by atoms with van der Waals surface area (Å²) in [4.78, 5) is 10.1. The Bertz CT molecular complexity index is 630. The Labute approximate surface area is 110 Å². The zero-order valence-electron chi connectivity index (χ0n) is 10.0. The van der Waals surface area contributed by atoms with E-state index in [4.69, 9.17) is 5.26 Å². The molecule has 0 amide bonds. The highest BCUT2D eigenvalue weighted by Gasteiger charge is 2.03. The van der Waals surface area contributed by atoms with Crippen LogP contribution in [-0.2, 0) is 6.54 Å². The fraction of sp³-hybridized carbons (Fsp3) is 0.0714. The molecule has 0 atom stereocenters. The van der Waals surface area contributed by atoms with E-state index in [-0.39, 0.29) is 5.69 Å². The van der Waals surface area contributed by atoms with Crippen molar-refractivity contribution in [3.63, 3.8) is 0 Å². The predicted octanol–water partition coefficient (Wildman–Crippen LogP) is 3.08. The molecule has 0 aromatic heterocycles. The fourth-order valence-electron chi connectivity index (χ4n) is 1.66. The molecular weight excluding hydrogens is 242 g/mol. The fourth-order valence-corrected chi connectivity index (χ4v) is 1.66. The summed E-state index contributed by atoms with van der Waals surface area (Å²) in [7, 11) is 0. The van der Waals surface area contributed by atoms with Gasteiger partial charge in [-0.2, -0.15) is 5.26 Å². The largest absolute Gasteiger partial charge is 0.381 e. The van der Waals surface area contributed by atoms with Gasteiger partial charge in [0, 0.05) is 24.4 Å². The first-order chi connectivity index (χ1) is 9.19. The maximum absolute atomic E-state index is 10.5. The monoisotopic (exact) mass is 253 g/mol. The molecule has 0 fully saturated rings. The number of nitrogens with one attached hydrogen (secondary N) is 1. The van der Waals surface area contributed by atoms with Crippen molar-refractivity contribution < 1.29 is 4.92 Å². The van der Waals surface area contributed by atoms with E-state index >= 15 is 0 Å². The molecule has 0 unspecified atom stereocenters. The van der Waals surface area contributed by atoms with E-state index in [0.717, 1.165) is 11.3 Å². The van der Waals surface area contributed by atoms with Crippen molar-refractivity contribution in [2.24, 2.45) is 0 Å². The van der Waals surface area contributed by atoms with Crippen molar-refractivity contribution in [3.05, 3.63) is 69.8 Å². The standard InChI is InChI=1S/C14H11N3O2/c15-9-11-2-1-3-12(8-11)10-16-13-4-6-14(7-5-13)17(18)19/h1-8,16H,10H2. The van der Waals surface area contributed by atoms with Crippen LogP contribution in [-0.4, -0.2) is 4.92 Å². The molecule has 0 aliphatic rings. The van der Waals surface area contributed by atoms with Crippen molar-refractivity contribution in [2.45, 2.75) is 6.54 Å². The number of hydrogen-bond donors (Lipinski definition) is 1. The molecule has 19 heavy (non-hydrogen) atoms. The third-order valence-electron chi connectivity index (χ3n) is 2.63. The molecule has 94 valence electrons. The van der Waals surface area contributed by atoms with E-state index in [1.807, 2.05) is 12.1 Å². The lowest BCUT2D eigenvalue weighted by Crippen LogP contribution is -1.99. The Morgan fingerprint density at radius 3 is 2.58 bits per heavy atom. The highest BCUT2D eigenvalue weighted by atomic mass is 16.6. The molecule has 5 heteroatoms. The summed E-state index contributed by atoms with van der Waals surface area (Å²) >= 11 is 0. The number of nitriles is 1. The average Bonchev–Trinajstić information content (AvgIpc) is 2.46. The third-order valence-corrected chi connectivity index (χ3v) is 2.63. The second-order valence-electron chi connectivity index (χ2n) is 3.97. The number of anilines is 1. The van der Waals surface area contributed by atoms with Crippen LogP contribution in [0.15, 0.2) is 48.5 Å². The number of nitro benzene ring substituents is 1. The summed E-state index contributed by atoms with van der Waals surface area (Å²) in [5.41, 5.74) is 2.46. The van der Waals surface area contributed by atoms with Gasteiger partial charge in [0.2, 0.25) is 0 Å². The molecule has 0 radical (unpaired) electrons. The number of nitro groups is 1. The van der Waals surface area contributed by atoms with E-state index in [2.05, 4.69) is 11.4 Å². The summed E-state index contributed by atoms with van der Waals surface area (Å²) in [5.74, 6) is 0. The predicted molar refractivity (Wildman–Crippen MR) is 71.6 cm³/mol. The van der Waals surface area contributed by atoms with Crippen LogP contribution in [0.5, 0.6) is 0 Å². The Morgan fingerprint density at radius 1 is 1.21 bits per heavy atom. The van der Waals surface area contributed by atoms with Crippen LogP contribution in [0, 0.1) is 21.4 Å². The minimum atomic E-state index is -0.430. The van der Waals surface area contributed by atoms with Crippen molar-refractivity contribution in [2.75, 3.05) is 5.32 Å². The first-order valence-electron chi connectivity index (χ1n) is 5.66. The number of hydrogen-bond acceptors (Lipinski definition) is 4. The average molecular weight is 253 g/mol. The molecule has 0 heterocycles. The number of benzene rings is 2. The van der Waals surface area contributed by atoms with Gasteiger partial charge in [0.1, 0.15) is 0 Å². The Hall–Kier alpha value is -2.87. The zero-order valence-corrected chi connectivity index (χ0v) is 10.0. The van der Waals surface area contributed by atoms with Crippen molar-refractivity contribution in [1.82, 2.24) is 0 Å². The summed E-state index contributed by atoms with van der Waals surface area (Å²) in [6.07, 6.45) is 0. The topological polar surface area (TPSA) is 79.0 Å². The van der Waals surface area contributed by atoms with Gasteiger partial charge in [0.25, 0.3) is 5.69 Å². The van der Waals surface area contributed by atoms with Crippen molar-refractivity contribution >= 4 is 11.4 Å². The van der Waals surface area contributed by atoms with Gasteiger partial charge >= 0.3 is 0 Å². The lowest BCUT2D eigenvalue weighted by Gasteiger charge is -2.06. The van der Waals surface area contributed by atoms with Gasteiger partial charge in [-0.25, -0.2) is 0 Å². The second kappa shape index (κ2) is 5.65. The Morgan fingerprint density at radius 2 is 1.95 bits per heavy atom. The molecule has 5 nitrogen and oxygen atoms in total. The first-order valence-corrected chi connectivity index (χ1v) is 5.66. The van der Waals surface area contributed by atoms with E-state index < -0.39 is 4.92 Å². The summed E-state index contributed by atoms with van der Waals surface area (Å²) in [6, 6.07) is 15.6. The summed E-state index contributed by atoms with van der Waals surface area (Å²) in [6.45, 7) is 0.563. The molecule has 1 N–H and O–H groups in total. The summed E-state index contributed by atoms with van der Waals surface area (Å²) < 4.78 is 0. The smallest absolute Gasteiger partial charge is 0.269 e. The van der Waals surface area contributed by atoms with Crippen LogP contribution >= 0.6 is 0 Å². The zero-order chi connectivity index (χ0) is 13.7. The van der Waals surface area contributed by atoms with Gasteiger partial charge in [-0.3, -0.25) is 10.1 Å². The van der Waals surface area contributed by atoms with Crippen molar-refractivity contribution in [1.29, 1.82) is 5.26 Å². The number of nitrogens with zero attached hydrogens (tertiary/aromatic N) is 2. The Kier molecular flexibility index (Phi) is 3.74. The third kappa shape index (κ3) is 3.30. The van der Waals surface area contributed by atoms with Crippen LogP contribution < -0.4 is 5.32 Å². The maximum Gasteiger partial charge on any atom is 0.269 e. The van der Waals surface area contributed by atoms with Crippen LogP contribution in [0.3, 0.4) is 0 Å². The second-order valence-corrected chi connectivity index (χ2v) is 3.97. The maximum atomic E-state index is 10.5. The van der Waals surface area contributed by atoms with Gasteiger partial charge in [0.15, 0.2) is 0 Å². The van der Waals surface area contributed by atoms with E-state index in [9.17, 15) is 10.1 Å². The van der Waals surface area contributed by atoms with E-state index in [1.165, 1.54) is 12.1 Å². The SMILES string of the molecule is N#Cc1cccc(CNc2ccc([N+](=O)[O-])cc2)c1. The minimum Gasteiger partial charge on any atom is -0.381 e. The van der Waals surface area contributed by atoms with Gasteiger partial charge in [-0.15, -0.1) is 0 Å². The van der Waals surface area contributed by atoms with Crippen LogP contribution in [0.4, 0.5) is 11.4 Å². The molecule has 0 saturated heterocycles. The number of non-ortho nitro benzene ring substituents is 1. The number of rotatable bonds is 4. The minimum absolute atomic E-state index is 0.0667. The highest BCUT2D eigenvalue weighted by Crippen LogP contribution is 2.16.